The number of benzene rings is 1. The van der Waals surface area contributed by atoms with E-state index in [0.717, 1.165) is 27.8 Å². The molecule has 0 radical (unpaired) electrons. The molecule has 1 N–H and O–H groups in total. The molecule has 0 fully saturated rings. The zero-order chi connectivity index (χ0) is 15.5. The lowest BCUT2D eigenvalue weighted by molar-refractivity contribution is -0.120. The van der Waals surface area contributed by atoms with Crippen molar-refractivity contribution in [3.05, 3.63) is 39.8 Å². The van der Waals surface area contributed by atoms with Gasteiger partial charge >= 0.3 is 0 Å². The number of rotatable bonds is 5. The van der Waals surface area contributed by atoms with E-state index in [2.05, 4.69) is 24.1 Å². The number of amides is 1. The van der Waals surface area contributed by atoms with Gasteiger partial charge in [-0.1, -0.05) is 19.9 Å². The predicted molar refractivity (Wildman–Crippen MR) is 84.3 cm³/mol. The van der Waals surface area contributed by atoms with Gasteiger partial charge in [0, 0.05) is 17.8 Å². The number of carbonyl (C=O) groups is 1. The Bertz CT molecular complexity index is 682. The van der Waals surface area contributed by atoms with Crippen LogP contribution in [-0.4, -0.2) is 17.7 Å². The number of nitrogens with one attached hydrogen (secondary N) is 1. The number of ether oxygens (including phenoxy) is 2. The van der Waals surface area contributed by atoms with Crippen LogP contribution in [0, 0.1) is 0 Å². The number of thiazole rings is 1. The van der Waals surface area contributed by atoms with Gasteiger partial charge in [0.2, 0.25) is 12.7 Å². The van der Waals surface area contributed by atoms with E-state index in [0.29, 0.717) is 18.9 Å². The zero-order valence-electron chi connectivity index (χ0n) is 12.6. The summed E-state index contributed by atoms with van der Waals surface area (Å²) in [5.74, 6) is 1.85. The summed E-state index contributed by atoms with van der Waals surface area (Å²) in [7, 11) is 0. The largest absolute Gasteiger partial charge is 0.454 e. The molecule has 1 aromatic heterocycles. The summed E-state index contributed by atoms with van der Waals surface area (Å²) in [5, 5.41) is 5.93. The van der Waals surface area contributed by atoms with Gasteiger partial charge < -0.3 is 14.8 Å². The van der Waals surface area contributed by atoms with Crippen LogP contribution >= 0.6 is 11.3 Å². The number of aromatic nitrogens is 1. The van der Waals surface area contributed by atoms with Crippen molar-refractivity contribution in [2.75, 3.05) is 6.79 Å². The summed E-state index contributed by atoms with van der Waals surface area (Å²) in [6.07, 6.45) is 0.313. The lowest BCUT2D eigenvalue weighted by atomic mass is 10.2. The van der Waals surface area contributed by atoms with Crippen LogP contribution in [0.2, 0.25) is 0 Å². The van der Waals surface area contributed by atoms with Gasteiger partial charge in [0.05, 0.1) is 17.1 Å². The first-order valence-electron chi connectivity index (χ1n) is 7.21. The molecule has 116 valence electrons. The highest BCUT2D eigenvalue weighted by atomic mass is 32.1. The van der Waals surface area contributed by atoms with Gasteiger partial charge in [-0.25, -0.2) is 4.98 Å². The Hall–Kier alpha value is -2.08. The fourth-order valence-electron chi connectivity index (χ4n) is 2.15. The highest BCUT2D eigenvalue weighted by molar-refractivity contribution is 7.09. The van der Waals surface area contributed by atoms with Crippen LogP contribution in [0.15, 0.2) is 23.6 Å². The van der Waals surface area contributed by atoms with Crippen LogP contribution < -0.4 is 14.8 Å². The summed E-state index contributed by atoms with van der Waals surface area (Å²) in [6, 6.07) is 5.68. The van der Waals surface area contributed by atoms with E-state index in [4.69, 9.17) is 9.47 Å². The van der Waals surface area contributed by atoms with Crippen molar-refractivity contribution in [1.29, 1.82) is 0 Å². The van der Waals surface area contributed by atoms with E-state index < -0.39 is 0 Å². The van der Waals surface area contributed by atoms with Crippen LogP contribution in [0.25, 0.3) is 0 Å². The van der Waals surface area contributed by atoms with E-state index in [1.54, 1.807) is 11.3 Å². The van der Waals surface area contributed by atoms with Crippen molar-refractivity contribution in [2.45, 2.75) is 32.7 Å². The maximum Gasteiger partial charge on any atom is 0.231 e. The molecule has 0 spiro atoms. The maximum atomic E-state index is 12.0. The third-order valence-corrected chi connectivity index (χ3v) is 4.53. The molecule has 0 unspecified atom stereocenters. The Balaban J connectivity index is 1.53. The molecule has 2 heterocycles. The first kappa shape index (κ1) is 14.8. The Morgan fingerprint density at radius 1 is 1.36 bits per heavy atom. The third kappa shape index (κ3) is 3.39. The molecule has 1 amide bonds. The molecule has 22 heavy (non-hydrogen) atoms. The van der Waals surface area contributed by atoms with Gasteiger partial charge in [0.15, 0.2) is 11.5 Å². The second kappa shape index (κ2) is 6.36. The highest BCUT2D eigenvalue weighted by Crippen LogP contribution is 2.32. The van der Waals surface area contributed by atoms with E-state index in [1.165, 1.54) is 0 Å². The van der Waals surface area contributed by atoms with Gasteiger partial charge in [-0.15, -0.1) is 11.3 Å². The average molecular weight is 318 g/mol. The average Bonchev–Trinajstić information content (AvgIpc) is 3.13. The number of hydrogen-bond donors (Lipinski definition) is 1. The Morgan fingerprint density at radius 3 is 2.95 bits per heavy atom. The number of fused-ring (bicyclic) bond motifs is 1. The second-order valence-corrected chi connectivity index (χ2v) is 6.36. The van der Waals surface area contributed by atoms with Crippen molar-refractivity contribution in [1.82, 2.24) is 10.3 Å². The van der Waals surface area contributed by atoms with Crippen LogP contribution in [-0.2, 0) is 17.8 Å². The first-order chi connectivity index (χ1) is 10.6. The van der Waals surface area contributed by atoms with Crippen molar-refractivity contribution in [3.8, 4) is 11.5 Å². The summed E-state index contributed by atoms with van der Waals surface area (Å²) in [4.78, 5) is 16.5. The molecular formula is C16H18N2O3S. The minimum absolute atomic E-state index is 0.0294. The van der Waals surface area contributed by atoms with Gasteiger partial charge in [-0.05, 0) is 17.7 Å². The first-order valence-corrected chi connectivity index (χ1v) is 8.09. The SMILES string of the molecule is CC(C)c1nc(CC(=O)NCc2ccc3c(c2)OCO3)cs1. The standard InChI is InChI=1S/C16H18N2O3S/c1-10(2)16-18-12(8-22-16)6-15(19)17-7-11-3-4-13-14(5-11)21-9-20-13/h3-5,8,10H,6-7,9H2,1-2H3,(H,17,19). The minimum Gasteiger partial charge on any atom is -0.454 e. The van der Waals surface area contributed by atoms with Crippen molar-refractivity contribution in [2.24, 2.45) is 0 Å². The molecular weight excluding hydrogens is 300 g/mol. The predicted octanol–water partition coefficient (Wildman–Crippen LogP) is 2.85. The monoisotopic (exact) mass is 318 g/mol. The number of hydrogen-bond acceptors (Lipinski definition) is 5. The van der Waals surface area contributed by atoms with Gasteiger partial charge in [-0.2, -0.15) is 0 Å². The lowest BCUT2D eigenvalue weighted by Crippen LogP contribution is -2.24. The molecule has 0 aliphatic carbocycles. The van der Waals surface area contributed by atoms with Gasteiger partial charge in [0.1, 0.15) is 0 Å². The third-order valence-electron chi connectivity index (χ3n) is 3.33. The Kier molecular flexibility index (Phi) is 4.29. The van der Waals surface area contributed by atoms with E-state index >= 15 is 0 Å². The van der Waals surface area contributed by atoms with E-state index in [1.807, 2.05) is 23.6 Å². The normalized spacial score (nSPS) is 12.7. The summed E-state index contributed by atoms with van der Waals surface area (Å²) >= 11 is 1.61. The molecule has 5 nitrogen and oxygen atoms in total. The van der Waals surface area contributed by atoms with Gasteiger partial charge in [-0.3, -0.25) is 4.79 Å². The van der Waals surface area contributed by atoms with Crippen LogP contribution in [0.4, 0.5) is 0 Å². The van der Waals surface area contributed by atoms with E-state index in [9.17, 15) is 4.79 Å². The zero-order valence-corrected chi connectivity index (χ0v) is 13.4. The van der Waals surface area contributed by atoms with Crippen LogP contribution in [0.1, 0.15) is 36.0 Å². The topological polar surface area (TPSA) is 60.5 Å². The molecule has 2 aromatic rings. The van der Waals surface area contributed by atoms with Gasteiger partial charge in [0.25, 0.3) is 0 Å². The number of carbonyl (C=O) groups excluding carboxylic acids is 1. The molecule has 0 saturated carbocycles. The molecule has 3 rings (SSSR count). The number of nitrogens with zero attached hydrogens (tertiary/aromatic N) is 1. The fourth-order valence-corrected chi connectivity index (χ4v) is 2.98. The molecule has 0 bridgehead atoms. The minimum atomic E-state index is -0.0294. The molecule has 0 saturated heterocycles. The highest BCUT2D eigenvalue weighted by Gasteiger charge is 2.14. The van der Waals surface area contributed by atoms with Crippen molar-refractivity contribution in [3.63, 3.8) is 0 Å². The molecule has 1 aliphatic rings. The van der Waals surface area contributed by atoms with Crippen molar-refractivity contribution >= 4 is 17.2 Å². The molecule has 0 atom stereocenters. The Morgan fingerprint density at radius 2 is 2.18 bits per heavy atom. The lowest BCUT2D eigenvalue weighted by Gasteiger charge is -2.05. The van der Waals surface area contributed by atoms with E-state index in [-0.39, 0.29) is 12.7 Å². The molecule has 1 aliphatic heterocycles. The summed E-state index contributed by atoms with van der Waals surface area (Å²) in [6.45, 7) is 4.93. The summed E-state index contributed by atoms with van der Waals surface area (Å²) in [5.41, 5.74) is 1.82. The maximum absolute atomic E-state index is 12.0. The smallest absolute Gasteiger partial charge is 0.231 e. The second-order valence-electron chi connectivity index (χ2n) is 5.47. The summed E-state index contributed by atoms with van der Waals surface area (Å²) < 4.78 is 10.6. The Labute approximate surface area is 133 Å². The quantitative estimate of drug-likeness (QED) is 0.921. The van der Waals surface area contributed by atoms with Crippen LogP contribution in [0.3, 0.4) is 0 Å². The fraction of sp³-hybridized carbons (Fsp3) is 0.375. The van der Waals surface area contributed by atoms with Crippen molar-refractivity contribution < 1.29 is 14.3 Å². The molecule has 1 aromatic carbocycles. The van der Waals surface area contributed by atoms with Crippen LogP contribution in [0.5, 0.6) is 11.5 Å². The molecule has 6 heteroatoms.